The van der Waals surface area contributed by atoms with Crippen LogP contribution in [0.25, 0.3) is 0 Å². The van der Waals surface area contributed by atoms with Crippen LogP contribution in [0.1, 0.15) is 22.8 Å². The van der Waals surface area contributed by atoms with Gasteiger partial charge in [0.05, 0.1) is 5.56 Å². The molecule has 2 rings (SSSR count). The maximum atomic E-state index is 12.1. The van der Waals surface area contributed by atoms with Gasteiger partial charge < -0.3 is 11.1 Å². The lowest BCUT2D eigenvalue weighted by Gasteiger charge is -2.08. The summed E-state index contributed by atoms with van der Waals surface area (Å²) in [6, 6.07) is 13.0. The molecular formula is C15H15BrN2O. The Labute approximate surface area is 121 Å². The van der Waals surface area contributed by atoms with Gasteiger partial charge in [-0.05, 0) is 42.3 Å². The van der Waals surface area contributed by atoms with Crippen LogP contribution in [0.4, 0.5) is 11.4 Å². The summed E-state index contributed by atoms with van der Waals surface area (Å²) in [6.45, 7) is 2.09. The van der Waals surface area contributed by atoms with Crippen LogP contribution in [0.3, 0.4) is 0 Å². The first-order valence-electron chi connectivity index (χ1n) is 6.05. The van der Waals surface area contributed by atoms with E-state index in [0.29, 0.717) is 11.3 Å². The zero-order valence-corrected chi connectivity index (χ0v) is 12.2. The molecule has 19 heavy (non-hydrogen) atoms. The molecule has 0 saturated carbocycles. The topological polar surface area (TPSA) is 55.1 Å². The van der Waals surface area contributed by atoms with Gasteiger partial charge in [0.2, 0.25) is 0 Å². The molecule has 0 heterocycles. The highest BCUT2D eigenvalue weighted by molar-refractivity contribution is 9.10. The van der Waals surface area contributed by atoms with E-state index in [0.717, 1.165) is 16.6 Å². The maximum Gasteiger partial charge on any atom is 0.257 e. The van der Waals surface area contributed by atoms with E-state index in [-0.39, 0.29) is 5.91 Å². The van der Waals surface area contributed by atoms with Crippen molar-refractivity contribution in [3.63, 3.8) is 0 Å². The molecule has 0 bridgehead atoms. The fourth-order valence-corrected chi connectivity index (χ4v) is 2.11. The van der Waals surface area contributed by atoms with Crippen molar-refractivity contribution in [2.75, 3.05) is 11.1 Å². The fraction of sp³-hybridized carbons (Fsp3) is 0.133. The van der Waals surface area contributed by atoms with Crippen molar-refractivity contribution in [1.29, 1.82) is 0 Å². The highest BCUT2D eigenvalue weighted by atomic mass is 79.9. The van der Waals surface area contributed by atoms with Crippen molar-refractivity contribution in [3.8, 4) is 0 Å². The maximum absolute atomic E-state index is 12.1. The van der Waals surface area contributed by atoms with Crippen molar-refractivity contribution in [1.82, 2.24) is 0 Å². The highest BCUT2D eigenvalue weighted by Crippen LogP contribution is 2.20. The lowest BCUT2D eigenvalue weighted by Crippen LogP contribution is -2.14. The molecular weight excluding hydrogens is 304 g/mol. The van der Waals surface area contributed by atoms with Crippen molar-refractivity contribution >= 4 is 33.2 Å². The molecule has 2 aromatic rings. The lowest BCUT2D eigenvalue weighted by molar-refractivity contribution is 0.102. The molecule has 0 aliphatic carbocycles. The molecule has 0 fully saturated rings. The minimum absolute atomic E-state index is 0.206. The van der Waals surface area contributed by atoms with Crippen LogP contribution in [0, 0.1) is 0 Å². The number of nitrogen functional groups attached to an aromatic ring is 1. The van der Waals surface area contributed by atoms with Crippen LogP contribution < -0.4 is 11.1 Å². The molecule has 0 unspecified atom stereocenters. The molecule has 0 saturated heterocycles. The average molecular weight is 319 g/mol. The Bertz CT molecular complexity index is 594. The molecule has 0 spiro atoms. The summed E-state index contributed by atoms with van der Waals surface area (Å²) >= 11 is 3.33. The van der Waals surface area contributed by atoms with Gasteiger partial charge in [0.25, 0.3) is 5.91 Å². The standard InChI is InChI=1S/C15H15BrN2O/c1-2-10-3-6-12(7-4-10)18-15(19)13-9-11(16)5-8-14(13)17/h3-9H,2,17H2,1H3,(H,18,19). The van der Waals surface area contributed by atoms with Crippen LogP contribution in [-0.4, -0.2) is 5.91 Å². The Morgan fingerprint density at radius 1 is 1.21 bits per heavy atom. The second-order valence-electron chi connectivity index (χ2n) is 4.24. The Hall–Kier alpha value is -1.81. The van der Waals surface area contributed by atoms with Crippen molar-refractivity contribution in [2.45, 2.75) is 13.3 Å². The summed E-state index contributed by atoms with van der Waals surface area (Å²) in [4.78, 5) is 12.1. The van der Waals surface area contributed by atoms with E-state index < -0.39 is 0 Å². The lowest BCUT2D eigenvalue weighted by atomic mass is 10.1. The molecule has 0 aliphatic heterocycles. The Kier molecular flexibility index (Phi) is 4.22. The van der Waals surface area contributed by atoms with E-state index in [4.69, 9.17) is 5.73 Å². The number of aryl methyl sites for hydroxylation is 1. The number of hydrogen-bond donors (Lipinski definition) is 2. The number of carbonyl (C=O) groups excluding carboxylic acids is 1. The van der Waals surface area contributed by atoms with E-state index in [9.17, 15) is 4.79 Å². The Morgan fingerprint density at radius 2 is 1.89 bits per heavy atom. The third-order valence-corrected chi connectivity index (χ3v) is 3.37. The second kappa shape index (κ2) is 5.89. The smallest absolute Gasteiger partial charge is 0.257 e. The number of anilines is 2. The monoisotopic (exact) mass is 318 g/mol. The van der Waals surface area contributed by atoms with Gasteiger partial charge in [-0.1, -0.05) is 35.0 Å². The Morgan fingerprint density at radius 3 is 2.53 bits per heavy atom. The first-order chi connectivity index (χ1) is 9.10. The minimum Gasteiger partial charge on any atom is -0.398 e. The zero-order chi connectivity index (χ0) is 13.8. The first-order valence-corrected chi connectivity index (χ1v) is 6.84. The largest absolute Gasteiger partial charge is 0.398 e. The van der Waals surface area contributed by atoms with E-state index in [1.807, 2.05) is 30.3 Å². The minimum atomic E-state index is -0.206. The third kappa shape index (κ3) is 3.35. The second-order valence-corrected chi connectivity index (χ2v) is 5.15. The number of nitrogens with two attached hydrogens (primary N) is 1. The number of amides is 1. The van der Waals surface area contributed by atoms with E-state index in [1.54, 1.807) is 12.1 Å². The van der Waals surface area contributed by atoms with Gasteiger partial charge in [0, 0.05) is 15.8 Å². The van der Waals surface area contributed by atoms with Gasteiger partial charge in [-0.25, -0.2) is 0 Å². The number of hydrogen-bond acceptors (Lipinski definition) is 2. The average Bonchev–Trinajstić information content (AvgIpc) is 2.42. The van der Waals surface area contributed by atoms with E-state index in [1.165, 1.54) is 5.56 Å². The molecule has 0 aromatic heterocycles. The number of carbonyl (C=O) groups is 1. The molecule has 4 heteroatoms. The summed E-state index contributed by atoms with van der Waals surface area (Å²) in [7, 11) is 0. The van der Waals surface area contributed by atoms with Gasteiger partial charge >= 0.3 is 0 Å². The summed E-state index contributed by atoms with van der Waals surface area (Å²) < 4.78 is 0.827. The van der Waals surface area contributed by atoms with Gasteiger partial charge in [-0.2, -0.15) is 0 Å². The SMILES string of the molecule is CCc1ccc(NC(=O)c2cc(Br)ccc2N)cc1. The number of halogens is 1. The molecule has 0 atom stereocenters. The van der Waals surface area contributed by atoms with Crippen LogP contribution in [0.5, 0.6) is 0 Å². The quantitative estimate of drug-likeness (QED) is 0.845. The van der Waals surface area contributed by atoms with Gasteiger partial charge in [0.1, 0.15) is 0 Å². The molecule has 2 aromatic carbocycles. The van der Waals surface area contributed by atoms with Crippen LogP contribution >= 0.6 is 15.9 Å². The number of nitrogens with one attached hydrogen (secondary N) is 1. The van der Waals surface area contributed by atoms with E-state index >= 15 is 0 Å². The summed E-state index contributed by atoms with van der Waals surface area (Å²) in [5.41, 5.74) is 8.74. The number of benzene rings is 2. The zero-order valence-electron chi connectivity index (χ0n) is 10.6. The molecule has 1 amide bonds. The van der Waals surface area contributed by atoms with Crippen LogP contribution in [0.2, 0.25) is 0 Å². The normalized spacial score (nSPS) is 10.2. The molecule has 3 nitrogen and oxygen atoms in total. The Balaban J connectivity index is 2.18. The summed E-state index contributed by atoms with van der Waals surface area (Å²) in [5.74, 6) is -0.206. The van der Waals surface area contributed by atoms with Crippen LogP contribution in [-0.2, 0) is 6.42 Å². The van der Waals surface area contributed by atoms with E-state index in [2.05, 4.69) is 28.2 Å². The molecule has 0 aliphatic rings. The molecule has 3 N–H and O–H groups in total. The van der Waals surface area contributed by atoms with Crippen molar-refractivity contribution < 1.29 is 4.79 Å². The van der Waals surface area contributed by atoms with Gasteiger partial charge in [-0.15, -0.1) is 0 Å². The predicted octanol–water partition coefficient (Wildman–Crippen LogP) is 3.85. The summed E-state index contributed by atoms with van der Waals surface area (Å²) in [5, 5.41) is 2.84. The third-order valence-electron chi connectivity index (χ3n) is 2.88. The van der Waals surface area contributed by atoms with Gasteiger partial charge in [0.15, 0.2) is 0 Å². The fourth-order valence-electron chi connectivity index (χ4n) is 1.75. The van der Waals surface area contributed by atoms with Crippen LogP contribution in [0.15, 0.2) is 46.9 Å². The molecule has 0 radical (unpaired) electrons. The molecule has 98 valence electrons. The number of rotatable bonds is 3. The van der Waals surface area contributed by atoms with Crippen molar-refractivity contribution in [2.24, 2.45) is 0 Å². The predicted molar refractivity (Wildman–Crippen MR) is 82.3 cm³/mol. The van der Waals surface area contributed by atoms with Crippen molar-refractivity contribution in [3.05, 3.63) is 58.1 Å². The summed E-state index contributed by atoms with van der Waals surface area (Å²) in [6.07, 6.45) is 0.979. The highest BCUT2D eigenvalue weighted by Gasteiger charge is 2.10. The van der Waals surface area contributed by atoms with Gasteiger partial charge in [-0.3, -0.25) is 4.79 Å². The first kappa shape index (κ1) is 13.6.